The van der Waals surface area contributed by atoms with Gasteiger partial charge in [-0.05, 0) is 57.7 Å². The molecule has 0 amide bonds. The highest BCUT2D eigenvalue weighted by Crippen LogP contribution is 2.03. The van der Waals surface area contributed by atoms with Gasteiger partial charge in [0, 0.05) is 0 Å². The predicted octanol–water partition coefficient (Wildman–Crippen LogP) is 2.76. The first-order valence-electron chi connectivity index (χ1n) is 6.72. The quantitative estimate of drug-likeness (QED) is 0.645. The monoisotopic (exact) mass is 235 g/mol. The molecule has 0 radical (unpaired) electrons. The SMILES string of the molecule is C[C@@H](O)CCCNCCCCc1ccccc1. The zero-order valence-electron chi connectivity index (χ0n) is 10.9. The van der Waals surface area contributed by atoms with Crippen molar-refractivity contribution in [2.75, 3.05) is 13.1 Å². The van der Waals surface area contributed by atoms with E-state index in [0.717, 1.165) is 25.9 Å². The third kappa shape index (κ3) is 7.94. The van der Waals surface area contributed by atoms with Gasteiger partial charge in [0.05, 0.1) is 6.10 Å². The third-order valence-electron chi connectivity index (χ3n) is 2.89. The fourth-order valence-electron chi connectivity index (χ4n) is 1.87. The Morgan fingerprint density at radius 1 is 1.06 bits per heavy atom. The number of nitrogens with one attached hydrogen (secondary N) is 1. The van der Waals surface area contributed by atoms with E-state index in [1.165, 1.54) is 24.8 Å². The van der Waals surface area contributed by atoms with Crippen molar-refractivity contribution in [3.05, 3.63) is 35.9 Å². The lowest BCUT2D eigenvalue weighted by Crippen LogP contribution is -2.18. The minimum atomic E-state index is -0.158. The highest BCUT2D eigenvalue weighted by molar-refractivity contribution is 5.14. The van der Waals surface area contributed by atoms with Gasteiger partial charge in [0.25, 0.3) is 0 Å². The Labute approximate surface area is 105 Å². The van der Waals surface area contributed by atoms with E-state index in [4.69, 9.17) is 5.11 Å². The average molecular weight is 235 g/mol. The molecular weight excluding hydrogens is 210 g/mol. The van der Waals surface area contributed by atoms with Crippen LogP contribution >= 0.6 is 0 Å². The first kappa shape index (κ1) is 14.2. The second-order valence-electron chi connectivity index (χ2n) is 4.68. The van der Waals surface area contributed by atoms with Crippen LogP contribution < -0.4 is 5.32 Å². The summed E-state index contributed by atoms with van der Waals surface area (Å²) in [5.41, 5.74) is 1.43. The van der Waals surface area contributed by atoms with Crippen LogP contribution in [0, 0.1) is 0 Å². The topological polar surface area (TPSA) is 32.3 Å². The van der Waals surface area contributed by atoms with Crippen LogP contribution in [-0.2, 0) is 6.42 Å². The smallest absolute Gasteiger partial charge is 0.0512 e. The van der Waals surface area contributed by atoms with Gasteiger partial charge >= 0.3 is 0 Å². The molecule has 0 aromatic heterocycles. The number of aliphatic hydroxyl groups excluding tert-OH is 1. The number of rotatable bonds is 9. The maximum atomic E-state index is 9.09. The van der Waals surface area contributed by atoms with Crippen LogP contribution in [0.4, 0.5) is 0 Å². The van der Waals surface area contributed by atoms with Crippen molar-refractivity contribution in [2.24, 2.45) is 0 Å². The molecule has 1 aromatic carbocycles. The van der Waals surface area contributed by atoms with Crippen molar-refractivity contribution >= 4 is 0 Å². The Morgan fingerprint density at radius 3 is 2.47 bits per heavy atom. The average Bonchev–Trinajstić information content (AvgIpc) is 2.33. The van der Waals surface area contributed by atoms with Crippen LogP contribution in [0.15, 0.2) is 30.3 Å². The predicted molar refractivity (Wildman–Crippen MR) is 73.2 cm³/mol. The summed E-state index contributed by atoms with van der Waals surface area (Å²) in [6.45, 7) is 3.96. The lowest BCUT2D eigenvalue weighted by atomic mass is 10.1. The van der Waals surface area contributed by atoms with Crippen molar-refractivity contribution < 1.29 is 5.11 Å². The van der Waals surface area contributed by atoms with E-state index in [1.807, 2.05) is 6.92 Å². The largest absolute Gasteiger partial charge is 0.393 e. The summed E-state index contributed by atoms with van der Waals surface area (Å²) in [6.07, 6.45) is 5.45. The number of hydrogen-bond donors (Lipinski definition) is 2. The van der Waals surface area contributed by atoms with Gasteiger partial charge in [-0.1, -0.05) is 30.3 Å². The standard InChI is InChI=1S/C15H25NO/c1-14(17)8-7-13-16-12-6-5-11-15-9-3-2-4-10-15/h2-4,9-10,14,16-17H,5-8,11-13H2,1H3/t14-/m1/s1. The van der Waals surface area contributed by atoms with Gasteiger partial charge < -0.3 is 10.4 Å². The fourth-order valence-corrected chi connectivity index (χ4v) is 1.87. The number of unbranched alkanes of at least 4 members (excludes halogenated alkanes) is 1. The summed E-state index contributed by atoms with van der Waals surface area (Å²) in [7, 11) is 0. The maximum Gasteiger partial charge on any atom is 0.0512 e. The molecule has 96 valence electrons. The van der Waals surface area contributed by atoms with Gasteiger partial charge in [-0.2, -0.15) is 0 Å². The zero-order valence-corrected chi connectivity index (χ0v) is 10.9. The molecule has 0 saturated carbocycles. The minimum absolute atomic E-state index is 0.158. The van der Waals surface area contributed by atoms with E-state index >= 15 is 0 Å². The van der Waals surface area contributed by atoms with E-state index in [1.54, 1.807) is 0 Å². The fraction of sp³-hybridized carbons (Fsp3) is 0.600. The molecule has 2 N–H and O–H groups in total. The van der Waals surface area contributed by atoms with Gasteiger partial charge in [0.1, 0.15) is 0 Å². The van der Waals surface area contributed by atoms with Crippen molar-refractivity contribution in [1.82, 2.24) is 5.32 Å². The molecule has 0 bridgehead atoms. The lowest BCUT2D eigenvalue weighted by Gasteiger charge is -2.06. The Hall–Kier alpha value is -0.860. The molecule has 2 nitrogen and oxygen atoms in total. The number of benzene rings is 1. The van der Waals surface area contributed by atoms with E-state index < -0.39 is 0 Å². The summed E-state index contributed by atoms with van der Waals surface area (Å²) >= 11 is 0. The summed E-state index contributed by atoms with van der Waals surface area (Å²) in [6, 6.07) is 10.6. The van der Waals surface area contributed by atoms with Gasteiger partial charge in [-0.3, -0.25) is 0 Å². The van der Waals surface area contributed by atoms with Gasteiger partial charge in [0.2, 0.25) is 0 Å². The van der Waals surface area contributed by atoms with Crippen LogP contribution in [0.5, 0.6) is 0 Å². The first-order chi connectivity index (χ1) is 8.29. The van der Waals surface area contributed by atoms with E-state index in [-0.39, 0.29) is 6.10 Å². The highest BCUT2D eigenvalue weighted by atomic mass is 16.3. The molecular formula is C15H25NO. The van der Waals surface area contributed by atoms with E-state index in [0.29, 0.717) is 0 Å². The first-order valence-corrected chi connectivity index (χ1v) is 6.72. The summed E-state index contributed by atoms with van der Waals surface area (Å²) in [5, 5.41) is 12.5. The molecule has 0 aliphatic rings. The maximum absolute atomic E-state index is 9.09. The van der Waals surface area contributed by atoms with Crippen molar-refractivity contribution in [2.45, 2.75) is 45.1 Å². The minimum Gasteiger partial charge on any atom is -0.393 e. The molecule has 0 saturated heterocycles. The molecule has 1 aromatic rings. The molecule has 0 fully saturated rings. The molecule has 0 unspecified atom stereocenters. The van der Waals surface area contributed by atoms with Crippen molar-refractivity contribution in [1.29, 1.82) is 0 Å². The Bertz CT molecular complexity index is 272. The van der Waals surface area contributed by atoms with Crippen molar-refractivity contribution in [3.63, 3.8) is 0 Å². The Kier molecular flexibility index (Phi) is 7.69. The third-order valence-corrected chi connectivity index (χ3v) is 2.89. The number of hydrogen-bond acceptors (Lipinski definition) is 2. The lowest BCUT2D eigenvalue weighted by molar-refractivity contribution is 0.181. The molecule has 17 heavy (non-hydrogen) atoms. The van der Waals surface area contributed by atoms with Crippen LogP contribution in [-0.4, -0.2) is 24.3 Å². The molecule has 0 heterocycles. The van der Waals surface area contributed by atoms with E-state index in [9.17, 15) is 0 Å². The number of aryl methyl sites for hydroxylation is 1. The normalized spacial score (nSPS) is 12.6. The summed E-state index contributed by atoms with van der Waals surface area (Å²) in [5.74, 6) is 0. The Balaban J connectivity index is 1.88. The molecule has 0 aliphatic carbocycles. The van der Waals surface area contributed by atoms with Crippen LogP contribution in [0.1, 0.15) is 38.2 Å². The van der Waals surface area contributed by atoms with Crippen LogP contribution in [0.2, 0.25) is 0 Å². The zero-order chi connectivity index (χ0) is 12.3. The molecule has 1 rings (SSSR count). The molecule has 0 spiro atoms. The van der Waals surface area contributed by atoms with Crippen molar-refractivity contribution in [3.8, 4) is 0 Å². The number of aliphatic hydroxyl groups is 1. The Morgan fingerprint density at radius 2 is 1.76 bits per heavy atom. The second kappa shape index (κ2) is 9.20. The molecule has 2 heteroatoms. The second-order valence-corrected chi connectivity index (χ2v) is 4.68. The van der Waals surface area contributed by atoms with Gasteiger partial charge in [-0.15, -0.1) is 0 Å². The summed E-state index contributed by atoms with van der Waals surface area (Å²) in [4.78, 5) is 0. The molecule has 1 atom stereocenters. The molecule has 0 aliphatic heterocycles. The van der Waals surface area contributed by atoms with Crippen LogP contribution in [0.25, 0.3) is 0 Å². The van der Waals surface area contributed by atoms with E-state index in [2.05, 4.69) is 35.6 Å². The van der Waals surface area contributed by atoms with Gasteiger partial charge in [-0.25, -0.2) is 0 Å². The summed E-state index contributed by atoms with van der Waals surface area (Å²) < 4.78 is 0. The highest BCUT2D eigenvalue weighted by Gasteiger charge is 1.95. The van der Waals surface area contributed by atoms with Gasteiger partial charge in [0.15, 0.2) is 0 Å². The van der Waals surface area contributed by atoms with Crippen LogP contribution in [0.3, 0.4) is 0 Å².